The summed E-state index contributed by atoms with van der Waals surface area (Å²) in [6.45, 7) is 8.36. The SMILES string of the molecule is CCCCN(Cc1ccc(C(=O)NN)o1)C(C)CC. The van der Waals surface area contributed by atoms with E-state index in [1.165, 1.54) is 12.8 Å². The molecular weight excluding hydrogens is 242 g/mol. The molecule has 0 radical (unpaired) electrons. The first-order valence-electron chi connectivity index (χ1n) is 6.96. The van der Waals surface area contributed by atoms with Gasteiger partial charge in [-0.15, -0.1) is 0 Å². The number of furan rings is 1. The fourth-order valence-corrected chi connectivity index (χ4v) is 1.93. The van der Waals surface area contributed by atoms with Gasteiger partial charge >= 0.3 is 5.91 Å². The van der Waals surface area contributed by atoms with Crippen molar-refractivity contribution in [2.75, 3.05) is 6.54 Å². The quantitative estimate of drug-likeness (QED) is 0.430. The fourth-order valence-electron chi connectivity index (χ4n) is 1.93. The second-order valence-electron chi connectivity index (χ2n) is 4.82. The van der Waals surface area contributed by atoms with Crippen LogP contribution in [0.25, 0.3) is 0 Å². The van der Waals surface area contributed by atoms with Gasteiger partial charge in [0.1, 0.15) is 5.76 Å². The Morgan fingerprint density at radius 1 is 1.47 bits per heavy atom. The van der Waals surface area contributed by atoms with Crippen LogP contribution in [0.5, 0.6) is 0 Å². The molecule has 0 aliphatic carbocycles. The van der Waals surface area contributed by atoms with Crippen molar-refractivity contribution in [2.45, 2.75) is 52.6 Å². The number of nitrogens with two attached hydrogens (primary N) is 1. The van der Waals surface area contributed by atoms with Crippen LogP contribution in [-0.2, 0) is 6.54 Å². The van der Waals surface area contributed by atoms with Crippen LogP contribution in [0.1, 0.15) is 56.3 Å². The van der Waals surface area contributed by atoms with Gasteiger partial charge in [0.25, 0.3) is 0 Å². The second-order valence-corrected chi connectivity index (χ2v) is 4.82. The maximum absolute atomic E-state index is 11.3. The summed E-state index contributed by atoms with van der Waals surface area (Å²) in [6, 6.07) is 4.00. The number of carbonyl (C=O) groups is 1. The van der Waals surface area contributed by atoms with Gasteiger partial charge in [-0.25, -0.2) is 5.84 Å². The van der Waals surface area contributed by atoms with Gasteiger partial charge in [-0.05, 0) is 38.4 Å². The third-order valence-corrected chi connectivity index (χ3v) is 3.39. The summed E-state index contributed by atoms with van der Waals surface area (Å²) in [6.07, 6.45) is 3.44. The Kier molecular flexibility index (Phi) is 6.59. The van der Waals surface area contributed by atoms with Crippen LogP contribution in [0.3, 0.4) is 0 Å². The number of hydrogen-bond donors (Lipinski definition) is 2. The first-order valence-corrected chi connectivity index (χ1v) is 6.96. The Hall–Kier alpha value is -1.33. The summed E-state index contributed by atoms with van der Waals surface area (Å²) in [5, 5.41) is 0. The molecule has 108 valence electrons. The van der Waals surface area contributed by atoms with E-state index >= 15 is 0 Å². The van der Waals surface area contributed by atoms with Gasteiger partial charge in [-0.1, -0.05) is 20.3 Å². The van der Waals surface area contributed by atoms with E-state index in [4.69, 9.17) is 10.3 Å². The van der Waals surface area contributed by atoms with Crippen LogP contribution in [0.15, 0.2) is 16.5 Å². The van der Waals surface area contributed by atoms with Crippen molar-refractivity contribution in [3.05, 3.63) is 23.7 Å². The minimum atomic E-state index is -0.394. The Morgan fingerprint density at radius 3 is 2.79 bits per heavy atom. The van der Waals surface area contributed by atoms with Crippen LogP contribution in [-0.4, -0.2) is 23.4 Å². The fraction of sp³-hybridized carbons (Fsp3) is 0.643. The smallest absolute Gasteiger partial charge is 0.300 e. The third kappa shape index (κ3) is 4.69. The molecule has 0 aliphatic rings. The maximum atomic E-state index is 11.3. The molecule has 5 nitrogen and oxygen atoms in total. The van der Waals surface area contributed by atoms with Crippen LogP contribution in [0, 0.1) is 0 Å². The molecule has 1 rings (SSSR count). The zero-order valence-corrected chi connectivity index (χ0v) is 12.1. The number of hydrazine groups is 1. The normalized spacial score (nSPS) is 12.7. The lowest BCUT2D eigenvalue weighted by atomic mass is 10.2. The molecule has 1 unspecified atom stereocenters. The van der Waals surface area contributed by atoms with E-state index in [1.807, 2.05) is 6.07 Å². The Labute approximate surface area is 115 Å². The van der Waals surface area contributed by atoms with Gasteiger partial charge in [0.2, 0.25) is 0 Å². The van der Waals surface area contributed by atoms with Crippen molar-refractivity contribution in [2.24, 2.45) is 5.84 Å². The summed E-state index contributed by atoms with van der Waals surface area (Å²) >= 11 is 0. The van der Waals surface area contributed by atoms with Crippen LogP contribution >= 0.6 is 0 Å². The number of rotatable bonds is 8. The van der Waals surface area contributed by atoms with E-state index in [2.05, 4.69) is 31.1 Å². The van der Waals surface area contributed by atoms with Crippen molar-refractivity contribution < 1.29 is 9.21 Å². The Bertz CT molecular complexity index is 390. The number of amides is 1. The first-order chi connectivity index (χ1) is 9.12. The second kappa shape index (κ2) is 7.96. The highest BCUT2D eigenvalue weighted by atomic mass is 16.4. The molecule has 0 spiro atoms. The summed E-state index contributed by atoms with van der Waals surface area (Å²) in [4.78, 5) is 13.7. The number of carbonyl (C=O) groups excluding carboxylic acids is 1. The van der Waals surface area contributed by atoms with Gasteiger partial charge in [-0.3, -0.25) is 15.1 Å². The van der Waals surface area contributed by atoms with E-state index in [1.54, 1.807) is 6.07 Å². The minimum absolute atomic E-state index is 0.261. The molecule has 1 heterocycles. The predicted molar refractivity (Wildman–Crippen MR) is 75.4 cm³/mol. The molecule has 1 aromatic rings. The molecule has 3 N–H and O–H groups in total. The monoisotopic (exact) mass is 267 g/mol. The van der Waals surface area contributed by atoms with E-state index in [-0.39, 0.29) is 5.76 Å². The molecule has 1 aromatic heterocycles. The summed E-state index contributed by atoms with van der Waals surface area (Å²) in [5.74, 6) is 5.75. The van der Waals surface area contributed by atoms with Gasteiger partial charge in [-0.2, -0.15) is 0 Å². The largest absolute Gasteiger partial charge is 0.455 e. The topological polar surface area (TPSA) is 71.5 Å². The number of nitrogens with zero attached hydrogens (tertiary/aromatic N) is 1. The number of hydrogen-bond acceptors (Lipinski definition) is 4. The van der Waals surface area contributed by atoms with Crippen molar-refractivity contribution in [3.8, 4) is 0 Å². The summed E-state index contributed by atoms with van der Waals surface area (Å²) in [7, 11) is 0. The van der Waals surface area contributed by atoms with E-state index in [0.29, 0.717) is 6.04 Å². The zero-order chi connectivity index (χ0) is 14.3. The highest BCUT2D eigenvalue weighted by Crippen LogP contribution is 2.14. The molecule has 0 saturated carbocycles. The van der Waals surface area contributed by atoms with Gasteiger partial charge in [0.05, 0.1) is 6.54 Å². The standard InChI is InChI=1S/C14H25N3O2/c1-4-6-9-17(11(3)5-2)10-12-7-8-13(19-12)14(18)16-15/h7-8,11H,4-6,9-10,15H2,1-3H3,(H,16,18). The molecule has 19 heavy (non-hydrogen) atoms. The summed E-state index contributed by atoms with van der Waals surface area (Å²) < 4.78 is 5.51. The van der Waals surface area contributed by atoms with Crippen molar-refractivity contribution >= 4 is 5.91 Å². The van der Waals surface area contributed by atoms with Crippen molar-refractivity contribution in [1.29, 1.82) is 0 Å². The van der Waals surface area contributed by atoms with Crippen molar-refractivity contribution in [3.63, 3.8) is 0 Å². The van der Waals surface area contributed by atoms with Gasteiger partial charge in [0, 0.05) is 6.04 Å². The molecule has 1 atom stereocenters. The molecular formula is C14H25N3O2. The van der Waals surface area contributed by atoms with Crippen molar-refractivity contribution in [1.82, 2.24) is 10.3 Å². The molecule has 1 amide bonds. The van der Waals surface area contributed by atoms with E-state index in [0.717, 1.165) is 25.3 Å². The van der Waals surface area contributed by atoms with Crippen LogP contribution < -0.4 is 11.3 Å². The summed E-state index contributed by atoms with van der Waals surface area (Å²) in [5.41, 5.74) is 2.07. The van der Waals surface area contributed by atoms with Gasteiger partial charge in [0.15, 0.2) is 5.76 Å². The maximum Gasteiger partial charge on any atom is 0.300 e. The molecule has 0 aromatic carbocycles. The number of nitrogens with one attached hydrogen (secondary N) is 1. The lowest BCUT2D eigenvalue weighted by Crippen LogP contribution is -2.33. The van der Waals surface area contributed by atoms with Crippen LogP contribution in [0.4, 0.5) is 0 Å². The minimum Gasteiger partial charge on any atom is -0.455 e. The number of unbranched alkanes of at least 4 members (excludes halogenated alkanes) is 1. The third-order valence-electron chi connectivity index (χ3n) is 3.39. The molecule has 0 fully saturated rings. The Morgan fingerprint density at radius 2 is 2.21 bits per heavy atom. The molecule has 0 saturated heterocycles. The lowest BCUT2D eigenvalue weighted by Gasteiger charge is -2.27. The highest BCUT2D eigenvalue weighted by Gasteiger charge is 2.15. The predicted octanol–water partition coefficient (Wildman–Crippen LogP) is 2.28. The zero-order valence-electron chi connectivity index (χ0n) is 12.1. The molecule has 0 bridgehead atoms. The first kappa shape index (κ1) is 15.7. The molecule has 5 heteroatoms. The Balaban J connectivity index is 2.67. The number of nitrogen functional groups attached to an aromatic ring is 1. The molecule has 0 aliphatic heterocycles. The van der Waals surface area contributed by atoms with E-state index < -0.39 is 5.91 Å². The van der Waals surface area contributed by atoms with E-state index in [9.17, 15) is 4.79 Å². The highest BCUT2D eigenvalue weighted by molar-refractivity contribution is 5.90. The lowest BCUT2D eigenvalue weighted by molar-refractivity contribution is 0.0920. The average Bonchev–Trinajstić information content (AvgIpc) is 2.90. The van der Waals surface area contributed by atoms with Gasteiger partial charge < -0.3 is 4.42 Å². The van der Waals surface area contributed by atoms with Crippen LogP contribution in [0.2, 0.25) is 0 Å². The average molecular weight is 267 g/mol.